The third kappa shape index (κ3) is 8.17. The maximum absolute atomic E-state index is 14.8. The number of carbonyl (C=O) groups excluding carboxylic acids is 5. The monoisotopic (exact) mass is 1090 g/mol. The predicted octanol–water partition coefficient (Wildman–Crippen LogP) is 2.86. The molecule has 78 heavy (non-hydrogen) atoms. The lowest BCUT2D eigenvalue weighted by Crippen LogP contribution is -2.64. The summed E-state index contributed by atoms with van der Waals surface area (Å²) in [6.45, 7) is -1.33. The average molecular weight is 1090 g/mol. The molecule has 3 heterocycles. The van der Waals surface area contributed by atoms with Crippen molar-refractivity contribution in [1.29, 1.82) is 0 Å². The largest absolute Gasteiger partial charge is 0.504 e. The highest BCUT2D eigenvalue weighted by atomic mass is 16.7. The van der Waals surface area contributed by atoms with Crippen LogP contribution in [0.3, 0.4) is 0 Å². The van der Waals surface area contributed by atoms with Crippen LogP contribution < -0.4 is 9.47 Å². The highest BCUT2D eigenvalue weighted by Gasteiger charge is 2.56. The van der Waals surface area contributed by atoms with Crippen molar-refractivity contribution in [3.63, 3.8) is 0 Å². The molecular formula is C48H34O30. The molecule has 6 aromatic rings. The first-order chi connectivity index (χ1) is 36.7. The lowest BCUT2D eigenvalue weighted by Gasteiger charge is -2.44. The molecule has 6 aromatic carbocycles. The number of phenolic OH excluding ortho intramolecular Hbond substituents is 17. The summed E-state index contributed by atoms with van der Waals surface area (Å²) in [5.74, 6) is -34.0. The van der Waals surface area contributed by atoms with Crippen molar-refractivity contribution in [2.24, 2.45) is 0 Å². The van der Waals surface area contributed by atoms with E-state index < -0.39 is 232 Å². The summed E-state index contributed by atoms with van der Waals surface area (Å²) in [6.07, 6.45) is -12.0. The number of cyclic esters (lactones) is 1. The van der Waals surface area contributed by atoms with Gasteiger partial charge in [0.15, 0.2) is 87.0 Å². The van der Waals surface area contributed by atoms with E-state index in [0.29, 0.717) is 42.5 Å². The lowest BCUT2D eigenvalue weighted by molar-refractivity contribution is -0.277. The molecular weight excluding hydrogens is 1060 g/mol. The third-order valence-corrected chi connectivity index (χ3v) is 12.2. The number of aromatic hydroxyl groups is 17. The summed E-state index contributed by atoms with van der Waals surface area (Å²) in [4.78, 5) is 70.5. The fourth-order valence-corrected chi connectivity index (χ4v) is 8.46. The molecule has 0 aromatic heterocycles. The Morgan fingerprint density at radius 2 is 0.923 bits per heavy atom. The minimum Gasteiger partial charge on any atom is -0.504 e. The average Bonchev–Trinajstić information content (AvgIpc) is 3.67. The van der Waals surface area contributed by atoms with E-state index in [9.17, 15) is 111 Å². The van der Waals surface area contributed by atoms with Gasteiger partial charge in [0.1, 0.15) is 24.0 Å². The van der Waals surface area contributed by atoms with Gasteiger partial charge in [0.05, 0.1) is 34.9 Å². The zero-order chi connectivity index (χ0) is 56.8. The van der Waals surface area contributed by atoms with Crippen LogP contribution in [0.5, 0.6) is 115 Å². The number of fused-ring (bicyclic) bond motifs is 9. The number of hydrogen-bond acceptors (Lipinski definition) is 30. The normalized spacial score (nSPS) is 18.5. The SMILES string of the molecule is COC(=O)c1cc(O)c(O)c(O)c1Oc1cc2c(c(O)c1O)-c1c(cc(O)c(O)c1O)C(=O)O[C@H]1[C@@H]3OC(=O)c4cc(O)c(O)c(O)c4-c4c(cc(O)c(O)c4O)O[C@H]3[C@H](OC(=O)c3cc(O)c(O)c(O)c3)O[C@@H]1COC2=O. The first kappa shape index (κ1) is 51.7. The minimum atomic E-state index is -2.51. The van der Waals surface area contributed by atoms with Crippen LogP contribution in [-0.4, -0.2) is 161 Å². The van der Waals surface area contributed by atoms with Gasteiger partial charge in [-0.15, -0.1) is 0 Å². The number of ether oxygens (including phenoxy) is 8. The number of carbonyl (C=O) groups is 5. The standard InChI is InChI=1S/C48H34O30/c1-71-44(67)14-6-19(53)32(59)38(65)39(14)74-22-7-13-25(36(63)33(22)60)24-11(4-17(51)29(56)34(24)61)46(69)76-40-23(9-72-45(13)68)75-48(78-43(66)10-2-15(49)28(55)16(50)3-10)42-41(40)77-47(70)12-5-18(52)30(57)35(62)26(12)27-21(73-42)8-20(54)31(58)37(27)64/h2-8,23,40-42,48-65H,9H2,1H3/t23-,40-,41+,42-,48+/m1/s1. The minimum absolute atomic E-state index is 0.373. The van der Waals surface area contributed by atoms with E-state index in [0.717, 1.165) is 7.11 Å². The molecule has 0 bridgehead atoms. The zero-order valence-electron chi connectivity index (χ0n) is 38.5. The van der Waals surface area contributed by atoms with E-state index in [1.165, 1.54) is 0 Å². The van der Waals surface area contributed by atoms with E-state index in [4.69, 9.17) is 33.2 Å². The van der Waals surface area contributed by atoms with Crippen molar-refractivity contribution in [3.8, 4) is 137 Å². The number of rotatable bonds is 5. The predicted molar refractivity (Wildman–Crippen MR) is 244 cm³/mol. The van der Waals surface area contributed by atoms with Crippen molar-refractivity contribution in [2.45, 2.75) is 30.7 Å². The van der Waals surface area contributed by atoms with Crippen LogP contribution in [0, 0.1) is 0 Å². The molecule has 5 atom stereocenters. The topological polar surface area (TPSA) is 503 Å². The highest BCUT2D eigenvalue weighted by molar-refractivity contribution is 6.09. The summed E-state index contributed by atoms with van der Waals surface area (Å²) < 4.78 is 44.9. The molecule has 0 radical (unpaired) electrons. The van der Waals surface area contributed by atoms with Gasteiger partial charge in [0, 0.05) is 34.9 Å². The zero-order valence-corrected chi connectivity index (χ0v) is 38.5. The third-order valence-electron chi connectivity index (χ3n) is 12.2. The van der Waals surface area contributed by atoms with Crippen molar-refractivity contribution >= 4 is 29.8 Å². The summed E-state index contributed by atoms with van der Waals surface area (Å²) in [5, 5.41) is 183. The van der Waals surface area contributed by atoms with Crippen LogP contribution in [-0.2, 0) is 28.4 Å². The van der Waals surface area contributed by atoms with Gasteiger partial charge in [-0.3, -0.25) is 0 Å². The second-order valence-corrected chi connectivity index (χ2v) is 16.8. The molecule has 1 saturated heterocycles. The maximum atomic E-state index is 14.8. The lowest BCUT2D eigenvalue weighted by atomic mass is 9.91. The summed E-state index contributed by atoms with van der Waals surface area (Å²) in [5.41, 5.74) is -9.29. The molecule has 30 heteroatoms. The molecule has 0 saturated carbocycles. The highest BCUT2D eigenvalue weighted by Crippen LogP contribution is 2.58. The van der Waals surface area contributed by atoms with E-state index in [-0.39, 0.29) is 0 Å². The maximum Gasteiger partial charge on any atom is 0.341 e. The first-order valence-electron chi connectivity index (χ1n) is 21.6. The van der Waals surface area contributed by atoms with Crippen LogP contribution >= 0.6 is 0 Å². The van der Waals surface area contributed by atoms with E-state index in [1.54, 1.807) is 0 Å². The summed E-state index contributed by atoms with van der Waals surface area (Å²) in [6, 6.07) is 3.48. The van der Waals surface area contributed by atoms with Gasteiger partial charge >= 0.3 is 29.8 Å². The van der Waals surface area contributed by atoms with E-state index in [1.807, 2.05) is 0 Å². The molecule has 0 aliphatic carbocycles. The van der Waals surface area contributed by atoms with Crippen molar-refractivity contribution < 1.29 is 149 Å². The Balaban J connectivity index is 1.26. The van der Waals surface area contributed by atoms with Gasteiger partial charge < -0.3 is 125 Å². The number of methoxy groups -OCH3 is 1. The Kier molecular flexibility index (Phi) is 12.4. The molecule has 1 fully saturated rings. The Bertz CT molecular complexity index is 3620. The molecule has 0 spiro atoms. The molecule has 3 aliphatic heterocycles. The number of esters is 5. The molecule has 30 nitrogen and oxygen atoms in total. The summed E-state index contributed by atoms with van der Waals surface area (Å²) in [7, 11) is 0.843. The van der Waals surface area contributed by atoms with Gasteiger partial charge in [0.2, 0.25) is 46.9 Å². The van der Waals surface area contributed by atoms with Crippen LogP contribution in [0.15, 0.2) is 42.5 Å². The van der Waals surface area contributed by atoms with Crippen molar-refractivity contribution in [2.75, 3.05) is 13.7 Å². The number of phenols is 17. The molecule has 0 amide bonds. The molecule has 406 valence electrons. The van der Waals surface area contributed by atoms with Crippen LogP contribution in [0.4, 0.5) is 0 Å². The first-order valence-corrected chi connectivity index (χ1v) is 21.6. The molecule has 9 rings (SSSR count). The fourth-order valence-electron chi connectivity index (χ4n) is 8.46. The second kappa shape index (κ2) is 18.6. The van der Waals surface area contributed by atoms with Gasteiger partial charge in [-0.05, 0) is 24.3 Å². The molecule has 0 unspecified atom stereocenters. The van der Waals surface area contributed by atoms with Crippen LogP contribution in [0.1, 0.15) is 51.8 Å². The van der Waals surface area contributed by atoms with Gasteiger partial charge in [0.25, 0.3) is 0 Å². The Morgan fingerprint density at radius 3 is 1.49 bits per heavy atom. The van der Waals surface area contributed by atoms with Gasteiger partial charge in [-0.2, -0.15) is 0 Å². The van der Waals surface area contributed by atoms with Crippen molar-refractivity contribution in [3.05, 3.63) is 70.3 Å². The Labute approximate surface area is 429 Å². The quantitative estimate of drug-likeness (QED) is 0.0670. The van der Waals surface area contributed by atoms with Crippen LogP contribution in [0.25, 0.3) is 22.3 Å². The van der Waals surface area contributed by atoms with Gasteiger partial charge in [-0.1, -0.05) is 0 Å². The van der Waals surface area contributed by atoms with Gasteiger partial charge in [-0.25, -0.2) is 24.0 Å². The fraction of sp³-hybridized carbons (Fsp3) is 0.146. The van der Waals surface area contributed by atoms with Crippen molar-refractivity contribution in [1.82, 2.24) is 0 Å². The van der Waals surface area contributed by atoms with E-state index >= 15 is 0 Å². The molecule has 17 N–H and O–H groups in total. The Morgan fingerprint density at radius 1 is 0.462 bits per heavy atom. The molecule has 3 aliphatic rings. The van der Waals surface area contributed by atoms with Crippen LogP contribution in [0.2, 0.25) is 0 Å². The summed E-state index contributed by atoms with van der Waals surface area (Å²) >= 11 is 0. The number of hydrogen-bond donors (Lipinski definition) is 17. The van der Waals surface area contributed by atoms with E-state index in [2.05, 4.69) is 4.74 Å². The number of benzene rings is 6. The second-order valence-electron chi connectivity index (χ2n) is 16.8. The smallest absolute Gasteiger partial charge is 0.341 e. The Hall–Kier alpha value is -11.2.